The summed E-state index contributed by atoms with van der Waals surface area (Å²) in [5.41, 5.74) is 0.474. The highest BCUT2D eigenvalue weighted by molar-refractivity contribution is 8.00. The zero-order chi connectivity index (χ0) is 55.9. The van der Waals surface area contributed by atoms with E-state index in [1.165, 1.54) is 35.4 Å². The lowest BCUT2D eigenvalue weighted by Crippen LogP contribution is -2.58. The van der Waals surface area contributed by atoms with Crippen molar-refractivity contribution in [3.63, 3.8) is 0 Å². The molecular weight excluding hydrogens is 1000 g/mol. The first kappa shape index (κ1) is 62.3. The van der Waals surface area contributed by atoms with Gasteiger partial charge in [-0.3, -0.25) is 28.5 Å². The molecule has 11 N–H and O–H groups in total. The molecule has 2 aromatic carbocycles. The van der Waals surface area contributed by atoms with Crippen LogP contribution >= 0.6 is 11.8 Å². The van der Waals surface area contributed by atoms with E-state index in [4.69, 9.17) is 9.47 Å². The number of aromatic hydroxyl groups is 1. The molecule has 0 bridgehead atoms. The second-order valence-corrected chi connectivity index (χ2v) is 21.4. The van der Waals surface area contributed by atoms with E-state index in [0.717, 1.165) is 5.56 Å². The molecular formula is C53H79N9O13S. The molecule has 0 spiro atoms. The van der Waals surface area contributed by atoms with Crippen molar-refractivity contribution in [2.24, 2.45) is 17.8 Å². The number of hydrogen-bond donors (Lipinski definition) is 11. The molecule has 22 nitrogen and oxygen atoms in total. The lowest BCUT2D eigenvalue weighted by atomic mass is 9.95. The summed E-state index contributed by atoms with van der Waals surface area (Å²) in [5.74, 6) is -2.67. The number of phenolic OH excluding ortho intramolecular Hbond substituents is 1. The number of amides is 6. The third-order valence-corrected chi connectivity index (χ3v) is 13.4. The lowest BCUT2D eigenvalue weighted by molar-refractivity contribution is -0.133. The summed E-state index contributed by atoms with van der Waals surface area (Å²) < 4.78 is 12.4. The summed E-state index contributed by atoms with van der Waals surface area (Å²) in [7, 11) is 0. The Morgan fingerprint density at radius 3 is 1.96 bits per heavy atom. The molecule has 0 aliphatic carbocycles. The number of thioether (sulfide) groups is 1. The fourth-order valence-electron chi connectivity index (χ4n) is 8.21. The number of aromatic nitrogens is 2. The number of phenols is 1. The average molecular weight is 1080 g/mol. The first-order valence-corrected chi connectivity index (χ1v) is 27.0. The van der Waals surface area contributed by atoms with Crippen LogP contribution in [0, 0.1) is 17.8 Å². The van der Waals surface area contributed by atoms with E-state index in [0.29, 0.717) is 49.5 Å². The smallest absolute Gasteiger partial charge is 0.408 e. The van der Waals surface area contributed by atoms with Gasteiger partial charge in [0, 0.05) is 31.5 Å². The van der Waals surface area contributed by atoms with Gasteiger partial charge in [0.05, 0.1) is 43.7 Å². The molecule has 1 saturated heterocycles. The molecule has 1 aliphatic rings. The van der Waals surface area contributed by atoms with Crippen LogP contribution in [0.3, 0.4) is 0 Å². The van der Waals surface area contributed by atoms with Gasteiger partial charge in [0.15, 0.2) is 0 Å². The molecule has 76 heavy (non-hydrogen) atoms. The zero-order valence-corrected chi connectivity index (χ0v) is 45.3. The summed E-state index contributed by atoms with van der Waals surface area (Å²) in [6.07, 6.45) is -1.47. The van der Waals surface area contributed by atoms with Crippen LogP contribution in [-0.4, -0.2) is 139 Å². The number of rotatable bonds is 31. The highest BCUT2D eigenvalue weighted by Crippen LogP contribution is 2.30. The number of unbranched alkanes of at least 4 members (excludes halogenated alkanes) is 1. The van der Waals surface area contributed by atoms with Crippen molar-refractivity contribution >= 4 is 53.2 Å². The first-order chi connectivity index (χ1) is 36.1. The van der Waals surface area contributed by atoms with Crippen LogP contribution in [0.5, 0.6) is 5.75 Å². The van der Waals surface area contributed by atoms with Gasteiger partial charge in [-0.2, -0.15) is 4.98 Å². The molecule has 1 aromatic heterocycles. The van der Waals surface area contributed by atoms with Gasteiger partial charge < -0.3 is 67.1 Å². The second-order valence-electron chi connectivity index (χ2n) is 20.2. The van der Waals surface area contributed by atoms with Crippen LogP contribution in [0.25, 0.3) is 0 Å². The van der Waals surface area contributed by atoms with Crippen LogP contribution in [-0.2, 0) is 46.5 Å². The number of nitrogens with zero attached hydrogens (tertiary/aromatic N) is 2. The lowest BCUT2D eigenvalue weighted by Gasteiger charge is -2.30. The van der Waals surface area contributed by atoms with Gasteiger partial charge in [0.25, 0.3) is 0 Å². The van der Waals surface area contributed by atoms with Crippen molar-refractivity contribution < 1.29 is 58.7 Å². The largest absolute Gasteiger partial charge is 0.508 e. The van der Waals surface area contributed by atoms with E-state index in [-0.39, 0.29) is 55.5 Å². The molecule has 1 aliphatic heterocycles. The number of ether oxygens (including phenoxy) is 2. The Balaban J connectivity index is 1.26. The molecule has 23 heteroatoms. The fraction of sp³-hybridized carbons (Fsp3) is 0.585. The van der Waals surface area contributed by atoms with Crippen LogP contribution in [0.2, 0.25) is 0 Å². The summed E-state index contributed by atoms with van der Waals surface area (Å²) in [6, 6.07) is 11.5. The van der Waals surface area contributed by atoms with Crippen LogP contribution in [0.1, 0.15) is 104 Å². The standard InChI is InChI=1S/C53H79N9O13S/c1-31(2)23-38(41(65)26-44(67)55-21-12-11-20-54-43-19-22-62(52(72)60-43)46-30-76-47(28-63)75-46)57-49(69)34(7)56-45(68)27-42(66)39(24-32(3)4)58-51(71)48(33(5)6)61-50(70)40(25-35-15-17-37(64)18-16-35)59-53(73)74-29-36-13-9-8-10-14-36/h8-10,13-19,22,31-34,38-42,46-48,63-66H,11-12,20-21,23-30H2,1-7H3,(H,55,67)(H,56,68)(H,57,69)(H,58,71)(H,59,73)(H,61,70)(H,54,60,72)/t34-,38+,39+,40-,41+,42+,46?,47?,48-/m0/s1. The van der Waals surface area contributed by atoms with E-state index >= 15 is 0 Å². The van der Waals surface area contributed by atoms with E-state index in [1.54, 1.807) is 62.5 Å². The molecule has 6 amide bonds. The molecule has 1 fully saturated rings. The Morgan fingerprint density at radius 2 is 1.37 bits per heavy atom. The summed E-state index contributed by atoms with van der Waals surface area (Å²) in [4.78, 5) is 97.1. The Hall–Kier alpha value is -6.27. The number of carbonyl (C=O) groups excluding carboxylic acids is 6. The van der Waals surface area contributed by atoms with E-state index in [1.807, 2.05) is 33.8 Å². The maximum absolute atomic E-state index is 14.0. The summed E-state index contributed by atoms with van der Waals surface area (Å²) in [5, 5.41) is 61.0. The molecule has 2 unspecified atom stereocenters. The van der Waals surface area contributed by atoms with Crippen molar-refractivity contribution in [2.45, 2.75) is 154 Å². The highest BCUT2D eigenvalue weighted by Gasteiger charge is 2.34. The molecule has 420 valence electrons. The van der Waals surface area contributed by atoms with Crippen molar-refractivity contribution in [3.05, 3.63) is 88.5 Å². The van der Waals surface area contributed by atoms with Crippen molar-refractivity contribution in [2.75, 3.05) is 30.8 Å². The van der Waals surface area contributed by atoms with Crippen molar-refractivity contribution in [1.29, 1.82) is 0 Å². The molecule has 3 aromatic rings. The van der Waals surface area contributed by atoms with Crippen LogP contribution in [0.15, 0.2) is 71.7 Å². The van der Waals surface area contributed by atoms with E-state index in [9.17, 15) is 54.0 Å². The minimum atomic E-state index is -1.42. The van der Waals surface area contributed by atoms with E-state index in [2.05, 4.69) is 42.2 Å². The SMILES string of the molecule is CC(C)C[C@@H](NC(=O)[C@H](C)NC(=O)C[C@@H](O)[C@@H](CC(C)C)NC(=O)[C@@H](NC(=O)[C@H](Cc1ccc(O)cc1)NC(=O)OCc1ccccc1)C(C)C)[C@H](O)CC(=O)NCCCCNc1ccn(C2CSC(CO)O2)c(=O)n1. The molecule has 0 saturated carbocycles. The van der Waals surface area contributed by atoms with Gasteiger partial charge in [-0.1, -0.05) is 84.0 Å². The van der Waals surface area contributed by atoms with E-state index < -0.39 is 102 Å². The molecule has 4 rings (SSSR count). The van der Waals surface area contributed by atoms with Gasteiger partial charge >= 0.3 is 11.8 Å². The van der Waals surface area contributed by atoms with Crippen molar-refractivity contribution in [3.8, 4) is 5.75 Å². The monoisotopic (exact) mass is 1080 g/mol. The zero-order valence-electron chi connectivity index (χ0n) is 44.5. The highest BCUT2D eigenvalue weighted by atomic mass is 32.2. The topological polar surface area (TPSA) is 321 Å². The minimum absolute atomic E-state index is 0.00925. The molecule has 0 radical (unpaired) electrons. The maximum atomic E-state index is 14.0. The fourth-order valence-corrected chi connectivity index (χ4v) is 9.14. The van der Waals surface area contributed by atoms with Gasteiger partial charge in [0.1, 0.15) is 48.0 Å². The predicted octanol–water partition coefficient (Wildman–Crippen LogP) is 2.58. The Bertz CT molecular complexity index is 2380. The van der Waals surface area contributed by atoms with Crippen molar-refractivity contribution in [1.82, 2.24) is 41.5 Å². The van der Waals surface area contributed by atoms with Gasteiger partial charge in [0.2, 0.25) is 29.5 Å². The minimum Gasteiger partial charge on any atom is -0.508 e. The number of aliphatic hydroxyl groups is 3. The molecule has 9 atom stereocenters. The number of aliphatic hydroxyl groups excluding tert-OH is 3. The second kappa shape index (κ2) is 31.7. The predicted molar refractivity (Wildman–Crippen MR) is 286 cm³/mol. The number of alkyl carbamates (subject to hydrolysis) is 1. The summed E-state index contributed by atoms with van der Waals surface area (Å²) in [6.45, 7) is 13.0. The van der Waals surface area contributed by atoms with Crippen LogP contribution < -0.4 is 42.9 Å². The number of carbonyl (C=O) groups is 6. The Labute approximate surface area is 448 Å². The quantitative estimate of drug-likeness (QED) is 0.0413. The number of hydrogen-bond acceptors (Lipinski definition) is 16. The average Bonchev–Trinajstić information content (AvgIpc) is 3.85. The normalized spacial score (nSPS) is 17.1. The third kappa shape index (κ3) is 21.8. The maximum Gasteiger partial charge on any atom is 0.408 e. The molecule has 2 heterocycles. The Kier molecular flexibility index (Phi) is 26.0. The van der Waals surface area contributed by atoms with Crippen LogP contribution in [0.4, 0.5) is 10.6 Å². The Morgan fingerprint density at radius 1 is 0.750 bits per heavy atom. The first-order valence-electron chi connectivity index (χ1n) is 25.9. The number of benzene rings is 2. The van der Waals surface area contributed by atoms with Gasteiger partial charge in [-0.25, -0.2) is 9.59 Å². The number of anilines is 1. The third-order valence-electron chi connectivity index (χ3n) is 12.3. The summed E-state index contributed by atoms with van der Waals surface area (Å²) >= 11 is 1.42. The van der Waals surface area contributed by atoms with Gasteiger partial charge in [-0.05, 0) is 79.7 Å². The van der Waals surface area contributed by atoms with Gasteiger partial charge in [-0.15, -0.1) is 11.8 Å². The number of nitrogens with one attached hydrogen (secondary N) is 7.